The zero-order valence-electron chi connectivity index (χ0n) is 18.7. The number of aliphatic hydroxyl groups excluding tert-OH is 1. The summed E-state index contributed by atoms with van der Waals surface area (Å²) in [6, 6.07) is 0. The van der Waals surface area contributed by atoms with Crippen molar-refractivity contribution >= 4 is 5.97 Å². The van der Waals surface area contributed by atoms with Gasteiger partial charge in [0.15, 0.2) is 0 Å². The first-order chi connectivity index (χ1) is 12.9. The van der Waals surface area contributed by atoms with Crippen LogP contribution in [-0.2, 0) is 4.79 Å². The number of carboxylic acid groups (broad SMARTS) is 1. The third-order valence-electron chi connectivity index (χ3n) is 5.91. The molecule has 4 nitrogen and oxygen atoms in total. The highest BCUT2D eigenvalue weighted by molar-refractivity contribution is 5.69. The van der Waals surface area contributed by atoms with E-state index in [2.05, 4.69) is 20.8 Å². The Hall–Kier alpha value is -0.610. The lowest BCUT2D eigenvalue weighted by Crippen LogP contribution is -2.56. The Kier molecular flexibility index (Phi) is 16.0. The van der Waals surface area contributed by atoms with Gasteiger partial charge in [-0.05, 0) is 38.5 Å². The van der Waals surface area contributed by atoms with E-state index in [0.29, 0.717) is 13.0 Å². The SMILES string of the molecule is CCCCCCC(O)C[N+](CCCCC)(CCCCC)CC(CC)C(=O)O. The average Bonchev–Trinajstić information content (AvgIpc) is 2.63. The molecule has 0 amide bonds. The molecule has 0 saturated heterocycles. The van der Waals surface area contributed by atoms with Gasteiger partial charge in [-0.3, -0.25) is 4.79 Å². The van der Waals surface area contributed by atoms with E-state index in [9.17, 15) is 15.0 Å². The molecule has 0 radical (unpaired) electrons. The summed E-state index contributed by atoms with van der Waals surface area (Å²) in [7, 11) is 0. The second kappa shape index (κ2) is 16.4. The number of carboxylic acids is 1. The fraction of sp³-hybridized carbons (Fsp3) is 0.957. The number of hydrogen-bond donors (Lipinski definition) is 2. The average molecular weight is 387 g/mol. The molecule has 2 N–H and O–H groups in total. The second-order valence-electron chi connectivity index (χ2n) is 8.51. The number of carbonyl (C=O) groups is 1. The Morgan fingerprint density at radius 2 is 1.30 bits per heavy atom. The third kappa shape index (κ3) is 12.5. The third-order valence-corrected chi connectivity index (χ3v) is 5.91. The van der Waals surface area contributed by atoms with Gasteiger partial charge in [0.2, 0.25) is 0 Å². The zero-order valence-corrected chi connectivity index (χ0v) is 18.7. The second-order valence-corrected chi connectivity index (χ2v) is 8.51. The minimum absolute atomic E-state index is 0.305. The van der Waals surface area contributed by atoms with Gasteiger partial charge in [0, 0.05) is 0 Å². The van der Waals surface area contributed by atoms with Crippen LogP contribution >= 0.6 is 0 Å². The molecule has 162 valence electrons. The summed E-state index contributed by atoms with van der Waals surface area (Å²) < 4.78 is 0.791. The Morgan fingerprint density at radius 3 is 1.74 bits per heavy atom. The molecule has 0 spiro atoms. The molecule has 2 atom stereocenters. The molecule has 0 aromatic carbocycles. The van der Waals surface area contributed by atoms with Crippen LogP contribution in [0.25, 0.3) is 0 Å². The van der Waals surface area contributed by atoms with E-state index in [0.717, 1.165) is 49.8 Å². The van der Waals surface area contributed by atoms with Gasteiger partial charge in [0.1, 0.15) is 18.6 Å². The molecule has 0 aliphatic rings. The molecule has 4 heteroatoms. The monoisotopic (exact) mass is 386 g/mol. The van der Waals surface area contributed by atoms with Crippen molar-refractivity contribution in [2.45, 2.75) is 111 Å². The van der Waals surface area contributed by atoms with Crippen LogP contribution in [0.1, 0.15) is 105 Å². The van der Waals surface area contributed by atoms with Gasteiger partial charge in [-0.15, -0.1) is 0 Å². The first-order valence-electron chi connectivity index (χ1n) is 11.7. The Bertz CT molecular complexity index is 350. The van der Waals surface area contributed by atoms with Crippen LogP contribution < -0.4 is 0 Å². The normalized spacial score (nSPS) is 14.3. The van der Waals surface area contributed by atoms with Crippen molar-refractivity contribution in [2.75, 3.05) is 26.2 Å². The molecule has 0 bridgehead atoms. The van der Waals surface area contributed by atoms with Gasteiger partial charge in [0.05, 0.1) is 19.6 Å². The molecule has 0 rings (SSSR count). The van der Waals surface area contributed by atoms with Crippen LogP contribution in [0.15, 0.2) is 0 Å². The lowest BCUT2D eigenvalue weighted by Gasteiger charge is -2.42. The van der Waals surface area contributed by atoms with Gasteiger partial charge in [0.25, 0.3) is 0 Å². The minimum atomic E-state index is -0.677. The van der Waals surface area contributed by atoms with E-state index < -0.39 is 5.97 Å². The van der Waals surface area contributed by atoms with Crippen LogP contribution in [0.3, 0.4) is 0 Å². The van der Waals surface area contributed by atoms with E-state index in [4.69, 9.17) is 0 Å². The molecule has 2 unspecified atom stereocenters. The quantitative estimate of drug-likeness (QED) is 0.223. The fourth-order valence-electron chi connectivity index (χ4n) is 4.14. The number of quaternary nitrogens is 1. The summed E-state index contributed by atoms with van der Waals surface area (Å²) in [6.45, 7) is 12.0. The highest BCUT2D eigenvalue weighted by atomic mass is 16.4. The van der Waals surface area contributed by atoms with E-state index in [1.165, 1.54) is 44.9 Å². The van der Waals surface area contributed by atoms with Crippen molar-refractivity contribution in [3.05, 3.63) is 0 Å². The van der Waals surface area contributed by atoms with Crippen molar-refractivity contribution in [2.24, 2.45) is 5.92 Å². The predicted molar refractivity (Wildman–Crippen MR) is 115 cm³/mol. The largest absolute Gasteiger partial charge is 0.481 e. The standard InChI is InChI=1S/C23H47NO3/c1-5-9-12-13-16-22(25)20-24(17-14-10-6-2,18-15-11-7-3)19-21(8-4)23(26)27/h21-22,25H,5-20H2,1-4H3/p+1. The molecule has 0 aliphatic carbocycles. The van der Waals surface area contributed by atoms with E-state index >= 15 is 0 Å². The molecule has 0 fully saturated rings. The van der Waals surface area contributed by atoms with Gasteiger partial charge in [-0.25, -0.2) is 0 Å². The van der Waals surface area contributed by atoms with E-state index in [1.54, 1.807) is 0 Å². The maximum Gasteiger partial charge on any atom is 0.312 e. The predicted octanol–water partition coefficient (Wildman–Crippen LogP) is 5.63. The summed E-state index contributed by atoms with van der Waals surface area (Å²) in [5.74, 6) is -0.982. The molecule has 27 heavy (non-hydrogen) atoms. The Balaban J connectivity index is 5.16. The number of aliphatic hydroxyl groups is 1. The van der Waals surface area contributed by atoms with Crippen LogP contribution in [0.2, 0.25) is 0 Å². The maximum atomic E-state index is 11.7. The summed E-state index contributed by atoms with van der Waals surface area (Å²) in [4.78, 5) is 11.7. The highest BCUT2D eigenvalue weighted by Crippen LogP contribution is 2.21. The van der Waals surface area contributed by atoms with Gasteiger partial charge in [-0.1, -0.05) is 66.2 Å². The summed E-state index contributed by atoms with van der Waals surface area (Å²) in [5.41, 5.74) is 0. The highest BCUT2D eigenvalue weighted by Gasteiger charge is 2.34. The van der Waals surface area contributed by atoms with Crippen LogP contribution in [0.4, 0.5) is 0 Å². The molecular formula is C23H48NO3+. The summed E-state index contributed by atoms with van der Waals surface area (Å²) in [6.07, 6.45) is 12.9. The fourth-order valence-corrected chi connectivity index (χ4v) is 4.14. The zero-order chi connectivity index (χ0) is 20.5. The van der Waals surface area contributed by atoms with E-state index in [-0.39, 0.29) is 12.0 Å². The van der Waals surface area contributed by atoms with Crippen molar-refractivity contribution in [1.82, 2.24) is 0 Å². The van der Waals surface area contributed by atoms with Gasteiger partial charge < -0.3 is 14.7 Å². The van der Waals surface area contributed by atoms with Crippen molar-refractivity contribution in [1.29, 1.82) is 0 Å². The number of nitrogens with zero attached hydrogens (tertiary/aromatic N) is 1. The van der Waals surface area contributed by atoms with Crippen molar-refractivity contribution in [3.63, 3.8) is 0 Å². The summed E-state index contributed by atoms with van der Waals surface area (Å²) >= 11 is 0. The topological polar surface area (TPSA) is 57.5 Å². The first-order valence-corrected chi connectivity index (χ1v) is 11.7. The molecule has 0 aromatic rings. The molecule has 0 saturated carbocycles. The molecular weight excluding hydrogens is 338 g/mol. The lowest BCUT2D eigenvalue weighted by molar-refractivity contribution is -0.933. The van der Waals surface area contributed by atoms with E-state index in [1.807, 2.05) is 6.92 Å². The molecule has 0 aromatic heterocycles. The molecule has 0 aliphatic heterocycles. The maximum absolute atomic E-state index is 11.7. The summed E-state index contributed by atoms with van der Waals surface area (Å²) in [5, 5.41) is 20.4. The lowest BCUT2D eigenvalue weighted by atomic mass is 10.0. The van der Waals surface area contributed by atoms with Crippen LogP contribution in [-0.4, -0.2) is 52.9 Å². The molecule has 0 heterocycles. The van der Waals surface area contributed by atoms with Crippen molar-refractivity contribution in [3.8, 4) is 0 Å². The van der Waals surface area contributed by atoms with Crippen LogP contribution in [0, 0.1) is 5.92 Å². The Morgan fingerprint density at radius 1 is 0.778 bits per heavy atom. The minimum Gasteiger partial charge on any atom is -0.481 e. The number of unbranched alkanes of at least 4 members (excludes halogenated alkanes) is 7. The number of rotatable bonds is 19. The van der Waals surface area contributed by atoms with Crippen molar-refractivity contribution < 1.29 is 19.5 Å². The number of aliphatic carboxylic acids is 1. The van der Waals surface area contributed by atoms with Gasteiger partial charge >= 0.3 is 5.97 Å². The van der Waals surface area contributed by atoms with Crippen LogP contribution in [0.5, 0.6) is 0 Å². The first kappa shape index (κ1) is 26.4. The smallest absolute Gasteiger partial charge is 0.312 e. The van der Waals surface area contributed by atoms with Gasteiger partial charge in [-0.2, -0.15) is 0 Å². The number of hydrogen-bond acceptors (Lipinski definition) is 2. The Labute approximate surface area is 168 Å².